The molecule has 0 spiro atoms. The zero-order valence-electron chi connectivity index (χ0n) is 11.6. The van der Waals surface area contributed by atoms with E-state index >= 15 is 0 Å². The number of nitrogens with one attached hydrogen (secondary N) is 1. The minimum absolute atomic E-state index is 0.0608. The molecule has 7 heteroatoms. The van der Waals surface area contributed by atoms with Crippen LogP contribution in [0.1, 0.15) is 13.3 Å². The van der Waals surface area contributed by atoms with Crippen molar-refractivity contribution in [2.24, 2.45) is 5.84 Å². The number of rotatable bonds is 8. The van der Waals surface area contributed by atoms with Crippen molar-refractivity contribution >= 4 is 11.8 Å². The second kappa shape index (κ2) is 8.84. The van der Waals surface area contributed by atoms with Gasteiger partial charge in [-0.25, -0.2) is 5.84 Å². The van der Waals surface area contributed by atoms with E-state index in [0.29, 0.717) is 6.54 Å². The smallest absolute Gasteiger partial charge is 0.253 e. The van der Waals surface area contributed by atoms with Crippen molar-refractivity contribution < 1.29 is 14.3 Å². The SMILES string of the molecule is CCCN(CC(=O)N(C)C)C(COC)C(=O)NN. The number of nitrogens with zero attached hydrogens (tertiary/aromatic N) is 2. The van der Waals surface area contributed by atoms with Crippen molar-refractivity contribution in [1.29, 1.82) is 0 Å². The molecule has 7 nitrogen and oxygen atoms in total. The van der Waals surface area contributed by atoms with Gasteiger partial charge < -0.3 is 9.64 Å². The van der Waals surface area contributed by atoms with Gasteiger partial charge in [-0.3, -0.25) is 19.9 Å². The van der Waals surface area contributed by atoms with Crippen molar-refractivity contribution in [3.8, 4) is 0 Å². The summed E-state index contributed by atoms with van der Waals surface area (Å²) in [5.74, 6) is 4.74. The van der Waals surface area contributed by atoms with Gasteiger partial charge in [-0.15, -0.1) is 0 Å². The Hall–Kier alpha value is -1.18. The molecule has 0 saturated heterocycles. The highest BCUT2D eigenvalue weighted by molar-refractivity contribution is 5.83. The lowest BCUT2D eigenvalue weighted by atomic mass is 10.2. The van der Waals surface area contributed by atoms with Gasteiger partial charge in [-0.2, -0.15) is 0 Å². The van der Waals surface area contributed by atoms with Crippen LogP contribution in [0.2, 0.25) is 0 Å². The Morgan fingerprint density at radius 2 is 2.00 bits per heavy atom. The van der Waals surface area contributed by atoms with Crippen LogP contribution in [0.5, 0.6) is 0 Å². The van der Waals surface area contributed by atoms with E-state index in [9.17, 15) is 9.59 Å². The molecule has 0 heterocycles. The molecular weight excluding hydrogens is 236 g/mol. The zero-order valence-corrected chi connectivity index (χ0v) is 11.6. The zero-order chi connectivity index (χ0) is 14.1. The predicted octanol–water partition coefficient (Wildman–Crippen LogP) is -1.21. The molecule has 0 bridgehead atoms. The number of carbonyl (C=O) groups is 2. The van der Waals surface area contributed by atoms with Crippen LogP contribution >= 0.6 is 0 Å². The topological polar surface area (TPSA) is 87.9 Å². The number of hydrazine groups is 1. The van der Waals surface area contributed by atoms with Crippen LogP contribution < -0.4 is 11.3 Å². The molecule has 3 N–H and O–H groups in total. The predicted molar refractivity (Wildman–Crippen MR) is 68.6 cm³/mol. The molecule has 0 aromatic carbocycles. The van der Waals surface area contributed by atoms with Crippen LogP contribution in [-0.2, 0) is 14.3 Å². The van der Waals surface area contributed by atoms with Crippen LogP contribution in [0, 0.1) is 0 Å². The summed E-state index contributed by atoms with van der Waals surface area (Å²) >= 11 is 0. The van der Waals surface area contributed by atoms with E-state index in [1.54, 1.807) is 19.0 Å². The van der Waals surface area contributed by atoms with E-state index in [1.165, 1.54) is 12.0 Å². The molecule has 0 saturated carbocycles. The first-order valence-electron chi connectivity index (χ1n) is 5.91. The Labute approximate surface area is 108 Å². The molecule has 1 unspecified atom stereocenters. The Balaban J connectivity index is 4.78. The maximum atomic E-state index is 11.7. The average Bonchev–Trinajstić information content (AvgIpc) is 2.34. The Morgan fingerprint density at radius 3 is 2.39 bits per heavy atom. The summed E-state index contributed by atoms with van der Waals surface area (Å²) in [6, 6.07) is -0.552. The second-order valence-electron chi connectivity index (χ2n) is 4.24. The lowest BCUT2D eigenvalue weighted by Gasteiger charge is -2.29. The maximum Gasteiger partial charge on any atom is 0.253 e. The van der Waals surface area contributed by atoms with Gasteiger partial charge in [-0.05, 0) is 13.0 Å². The number of hydrogen-bond acceptors (Lipinski definition) is 5. The molecule has 0 rings (SSSR count). The normalized spacial score (nSPS) is 12.3. The number of nitrogens with two attached hydrogens (primary N) is 1. The van der Waals surface area contributed by atoms with Gasteiger partial charge in [0.05, 0.1) is 13.2 Å². The Bertz CT molecular complexity index is 271. The summed E-state index contributed by atoms with van der Waals surface area (Å²) in [5, 5.41) is 0. The fourth-order valence-electron chi connectivity index (χ4n) is 1.55. The summed E-state index contributed by atoms with van der Waals surface area (Å²) < 4.78 is 5.01. The van der Waals surface area contributed by atoms with E-state index in [4.69, 9.17) is 10.6 Å². The monoisotopic (exact) mass is 260 g/mol. The Morgan fingerprint density at radius 1 is 1.39 bits per heavy atom. The van der Waals surface area contributed by atoms with Crippen LogP contribution in [0.4, 0.5) is 0 Å². The molecule has 106 valence electrons. The van der Waals surface area contributed by atoms with Gasteiger partial charge in [0.1, 0.15) is 6.04 Å². The third kappa shape index (κ3) is 5.44. The lowest BCUT2D eigenvalue weighted by Crippen LogP contribution is -2.53. The summed E-state index contributed by atoms with van der Waals surface area (Å²) in [6.07, 6.45) is 0.832. The van der Waals surface area contributed by atoms with Crippen LogP contribution in [0.25, 0.3) is 0 Å². The lowest BCUT2D eigenvalue weighted by molar-refractivity contribution is -0.134. The third-order valence-electron chi connectivity index (χ3n) is 2.56. The Kier molecular flexibility index (Phi) is 8.27. The van der Waals surface area contributed by atoms with E-state index in [-0.39, 0.29) is 25.0 Å². The molecular formula is C11H24N4O3. The molecule has 0 aromatic rings. The van der Waals surface area contributed by atoms with Crippen molar-refractivity contribution in [3.63, 3.8) is 0 Å². The molecule has 18 heavy (non-hydrogen) atoms. The largest absolute Gasteiger partial charge is 0.383 e. The highest BCUT2D eigenvalue weighted by Crippen LogP contribution is 2.03. The molecule has 0 aliphatic carbocycles. The molecule has 0 aliphatic heterocycles. The molecule has 0 radical (unpaired) electrons. The second-order valence-corrected chi connectivity index (χ2v) is 4.24. The highest BCUT2D eigenvalue weighted by Gasteiger charge is 2.26. The first-order chi connectivity index (χ1) is 8.47. The van der Waals surface area contributed by atoms with Gasteiger partial charge in [0.2, 0.25) is 5.91 Å². The van der Waals surface area contributed by atoms with Crippen molar-refractivity contribution in [2.45, 2.75) is 19.4 Å². The van der Waals surface area contributed by atoms with Crippen LogP contribution in [-0.4, -0.2) is 68.6 Å². The number of hydrogen-bond donors (Lipinski definition) is 2. The fraction of sp³-hybridized carbons (Fsp3) is 0.818. The number of amides is 2. The molecule has 0 fully saturated rings. The van der Waals surface area contributed by atoms with Gasteiger partial charge in [0.25, 0.3) is 5.91 Å². The molecule has 1 atom stereocenters. The van der Waals surface area contributed by atoms with Crippen molar-refractivity contribution in [3.05, 3.63) is 0 Å². The maximum absolute atomic E-state index is 11.7. The number of carbonyl (C=O) groups excluding carboxylic acids is 2. The quantitative estimate of drug-likeness (QED) is 0.325. The summed E-state index contributed by atoms with van der Waals surface area (Å²) in [5.41, 5.74) is 2.11. The summed E-state index contributed by atoms with van der Waals surface area (Å²) in [4.78, 5) is 26.7. The standard InChI is InChI=1S/C11H24N4O3/c1-5-6-15(7-10(16)14(2)3)9(8-18-4)11(17)13-12/h9H,5-8,12H2,1-4H3,(H,13,17). The number of methoxy groups -OCH3 is 1. The summed E-state index contributed by atoms with van der Waals surface area (Å²) in [7, 11) is 4.87. The van der Waals surface area contributed by atoms with E-state index in [1.807, 2.05) is 6.92 Å². The van der Waals surface area contributed by atoms with Crippen molar-refractivity contribution in [1.82, 2.24) is 15.2 Å². The van der Waals surface area contributed by atoms with Crippen LogP contribution in [0.3, 0.4) is 0 Å². The van der Waals surface area contributed by atoms with Crippen molar-refractivity contribution in [2.75, 3.05) is 40.9 Å². The highest BCUT2D eigenvalue weighted by atomic mass is 16.5. The minimum atomic E-state index is -0.552. The molecule has 2 amide bonds. The van der Waals surface area contributed by atoms with E-state index in [2.05, 4.69) is 5.43 Å². The minimum Gasteiger partial charge on any atom is -0.383 e. The first-order valence-corrected chi connectivity index (χ1v) is 5.91. The average molecular weight is 260 g/mol. The van der Waals surface area contributed by atoms with Gasteiger partial charge in [-0.1, -0.05) is 6.92 Å². The number of likely N-dealkylation sites (N-methyl/N-ethyl adjacent to an activating group) is 1. The van der Waals surface area contributed by atoms with Gasteiger partial charge in [0.15, 0.2) is 0 Å². The van der Waals surface area contributed by atoms with Gasteiger partial charge in [0, 0.05) is 21.2 Å². The van der Waals surface area contributed by atoms with Gasteiger partial charge >= 0.3 is 0 Å². The van der Waals surface area contributed by atoms with E-state index < -0.39 is 6.04 Å². The third-order valence-corrected chi connectivity index (χ3v) is 2.56. The first kappa shape index (κ1) is 16.8. The molecule has 0 aliphatic rings. The molecule has 0 aromatic heterocycles. The number of ether oxygens (including phenoxy) is 1. The fourth-order valence-corrected chi connectivity index (χ4v) is 1.55. The van der Waals surface area contributed by atoms with E-state index in [0.717, 1.165) is 6.42 Å². The summed E-state index contributed by atoms with van der Waals surface area (Å²) in [6.45, 7) is 2.98. The van der Waals surface area contributed by atoms with Crippen LogP contribution in [0.15, 0.2) is 0 Å².